The van der Waals surface area contributed by atoms with Crippen molar-refractivity contribution in [2.45, 2.75) is 12.5 Å². The van der Waals surface area contributed by atoms with Gasteiger partial charge >= 0.3 is 0 Å². The van der Waals surface area contributed by atoms with Crippen molar-refractivity contribution in [2.24, 2.45) is 5.10 Å². The Labute approximate surface area is 191 Å². The Hall–Kier alpha value is -2.89. The summed E-state index contributed by atoms with van der Waals surface area (Å²) < 4.78 is 16.6. The molecule has 160 valence electrons. The lowest BCUT2D eigenvalue weighted by Crippen LogP contribution is -2.18. The Morgan fingerprint density at radius 2 is 1.52 bits per heavy atom. The smallest absolute Gasteiger partial charge is 0.203 e. The fourth-order valence-electron chi connectivity index (χ4n) is 3.73. The van der Waals surface area contributed by atoms with E-state index in [0.717, 1.165) is 22.5 Å². The van der Waals surface area contributed by atoms with Gasteiger partial charge in [-0.05, 0) is 47.5 Å². The van der Waals surface area contributed by atoms with Crippen molar-refractivity contribution in [3.8, 4) is 17.2 Å². The molecule has 0 saturated carbocycles. The van der Waals surface area contributed by atoms with Crippen LogP contribution in [0.3, 0.4) is 0 Å². The van der Waals surface area contributed by atoms with Gasteiger partial charge in [0, 0.05) is 6.42 Å². The normalized spacial score (nSPS) is 15.6. The highest BCUT2D eigenvalue weighted by Crippen LogP contribution is 2.44. The van der Waals surface area contributed by atoms with Crippen LogP contribution in [0.15, 0.2) is 65.8 Å². The van der Waals surface area contributed by atoms with Crippen LogP contribution in [0.25, 0.3) is 0 Å². The summed E-state index contributed by atoms with van der Waals surface area (Å²) in [5, 5.41) is 7.98. The van der Waals surface area contributed by atoms with Gasteiger partial charge in [0.25, 0.3) is 0 Å². The van der Waals surface area contributed by atoms with Crippen molar-refractivity contribution in [3.63, 3.8) is 0 Å². The first-order valence-electron chi connectivity index (χ1n) is 9.72. The fourth-order valence-corrected chi connectivity index (χ4v) is 4.03. The molecule has 3 aromatic carbocycles. The van der Waals surface area contributed by atoms with Gasteiger partial charge in [0.05, 0.1) is 48.8 Å². The largest absolute Gasteiger partial charge is 0.493 e. The van der Waals surface area contributed by atoms with Gasteiger partial charge in [-0.3, -0.25) is 5.01 Å². The third kappa shape index (κ3) is 4.16. The van der Waals surface area contributed by atoms with Gasteiger partial charge in [-0.2, -0.15) is 5.10 Å². The van der Waals surface area contributed by atoms with E-state index in [2.05, 4.69) is 0 Å². The SMILES string of the molecule is COc1cc([C@H]2CC(c3ccc(Cl)c(Cl)c3)=NN2c2ccccc2)cc(OC)c1OC. The van der Waals surface area contributed by atoms with Crippen LogP contribution in [0, 0.1) is 0 Å². The summed E-state index contributed by atoms with van der Waals surface area (Å²) in [4.78, 5) is 0. The van der Waals surface area contributed by atoms with E-state index in [4.69, 9.17) is 42.5 Å². The summed E-state index contributed by atoms with van der Waals surface area (Å²) >= 11 is 12.4. The molecule has 0 unspecified atom stereocenters. The third-order valence-electron chi connectivity index (χ3n) is 5.26. The molecule has 0 saturated heterocycles. The predicted molar refractivity (Wildman–Crippen MR) is 125 cm³/mol. The molecule has 1 atom stereocenters. The molecule has 3 aromatic rings. The molecular formula is C24H22Cl2N2O3. The summed E-state index contributed by atoms with van der Waals surface area (Å²) in [7, 11) is 4.82. The van der Waals surface area contributed by atoms with Crippen molar-refractivity contribution < 1.29 is 14.2 Å². The van der Waals surface area contributed by atoms with Crippen LogP contribution in [-0.2, 0) is 0 Å². The van der Waals surface area contributed by atoms with E-state index in [9.17, 15) is 0 Å². The molecule has 0 radical (unpaired) electrons. The lowest BCUT2D eigenvalue weighted by atomic mass is 9.97. The molecular weight excluding hydrogens is 435 g/mol. The standard InChI is InChI=1S/C24H22Cl2N2O3/c1-29-22-12-16(13-23(30-2)24(22)31-3)21-14-20(15-9-10-18(25)19(26)11-15)27-28(21)17-7-5-4-6-8-17/h4-13,21H,14H2,1-3H3/t21-/m1/s1. The van der Waals surface area contributed by atoms with Crippen LogP contribution in [0.1, 0.15) is 23.6 Å². The molecule has 0 bridgehead atoms. The fraction of sp³-hybridized carbons (Fsp3) is 0.208. The van der Waals surface area contributed by atoms with Gasteiger partial charge in [-0.1, -0.05) is 47.5 Å². The predicted octanol–water partition coefficient (Wildman–Crippen LogP) is 6.37. The maximum Gasteiger partial charge on any atom is 0.203 e. The Morgan fingerprint density at radius 1 is 0.839 bits per heavy atom. The van der Waals surface area contributed by atoms with Gasteiger partial charge in [-0.25, -0.2) is 0 Å². The van der Waals surface area contributed by atoms with Crippen LogP contribution < -0.4 is 19.2 Å². The summed E-state index contributed by atoms with van der Waals surface area (Å²) in [5.74, 6) is 1.77. The minimum Gasteiger partial charge on any atom is -0.493 e. The Morgan fingerprint density at radius 3 is 2.10 bits per heavy atom. The first-order valence-corrected chi connectivity index (χ1v) is 10.5. The highest BCUT2D eigenvalue weighted by Gasteiger charge is 2.31. The molecule has 1 aliphatic rings. The van der Waals surface area contributed by atoms with Crippen LogP contribution >= 0.6 is 23.2 Å². The van der Waals surface area contributed by atoms with Crippen LogP contribution in [0.5, 0.6) is 17.2 Å². The monoisotopic (exact) mass is 456 g/mol. The molecule has 31 heavy (non-hydrogen) atoms. The van der Waals surface area contributed by atoms with Crippen LogP contribution in [0.4, 0.5) is 5.69 Å². The van der Waals surface area contributed by atoms with Crippen molar-refractivity contribution in [2.75, 3.05) is 26.3 Å². The van der Waals surface area contributed by atoms with Gasteiger partial charge in [0.15, 0.2) is 11.5 Å². The summed E-state index contributed by atoms with van der Waals surface area (Å²) in [5.41, 5.74) is 3.83. The van der Waals surface area contributed by atoms with Crippen LogP contribution in [-0.4, -0.2) is 27.0 Å². The highest BCUT2D eigenvalue weighted by atomic mass is 35.5. The summed E-state index contributed by atoms with van der Waals surface area (Å²) in [6.45, 7) is 0. The first-order chi connectivity index (χ1) is 15.0. The zero-order chi connectivity index (χ0) is 22.0. The van der Waals surface area contributed by atoms with Crippen molar-refractivity contribution in [1.29, 1.82) is 0 Å². The number of rotatable bonds is 6. The lowest BCUT2D eigenvalue weighted by molar-refractivity contribution is 0.323. The summed E-state index contributed by atoms with van der Waals surface area (Å²) in [6, 6.07) is 19.5. The van der Waals surface area contributed by atoms with Crippen molar-refractivity contribution in [3.05, 3.63) is 81.8 Å². The van der Waals surface area contributed by atoms with Gasteiger partial charge in [0.2, 0.25) is 5.75 Å². The number of anilines is 1. The van der Waals surface area contributed by atoms with Gasteiger partial charge < -0.3 is 14.2 Å². The van der Waals surface area contributed by atoms with E-state index in [0.29, 0.717) is 33.7 Å². The average molecular weight is 457 g/mol. The number of methoxy groups -OCH3 is 3. The van der Waals surface area contributed by atoms with E-state index in [1.807, 2.05) is 59.6 Å². The molecule has 7 heteroatoms. The highest BCUT2D eigenvalue weighted by molar-refractivity contribution is 6.42. The number of halogens is 2. The molecule has 0 aromatic heterocycles. The van der Waals surface area contributed by atoms with E-state index in [1.54, 1.807) is 27.4 Å². The van der Waals surface area contributed by atoms with E-state index >= 15 is 0 Å². The number of benzene rings is 3. The van der Waals surface area contributed by atoms with Crippen LogP contribution in [0.2, 0.25) is 10.0 Å². The lowest BCUT2D eigenvalue weighted by Gasteiger charge is -2.25. The zero-order valence-corrected chi connectivity index (χ0v) is 18.9. The number of para-hydroxylation sites is 1. The average Bonchev–Trinajstić information content (AvgIpc) is 3.26. The molecule has 0 aliphatic carbocycles. The number of hydrogen-bond donors (Lipinski definition) is 0. The molecule has 0 fully saturated rings. The quantitative estimate of drug-likeness (QED) is 0.431. The van der Waals surface area contributed by atoms with Gasteiger partial charge in [0.1, 0.15) is 0 Å². The van der Waals surface area contributed by atoms with E-state index in [-0.39, 0.29) is 6.04 Å². The minimum atomic E-state index is -0.0689. The van der Waals surface area contributed by atoms with Crippen molar-refractivity contribution >= 4 is 34.6 Å². The second-order valence-electron chi connectivity index (χ2n) is 7.03. The first kappa shape index (κ1) is 21.3. The maximum atomic E-state index is 6.26. The van der Waals surface area contributed by atoms with Gasteiger partial charge in [-0.15, -0.1) is 0 Å². The third-order valence-corrected chi connectivity index (χ3v) is 5.99. The van der Waals surface area contributed by atoms with E-state index < -0.39 is 0 Å². The van der Waals surface area contributed by atoms with E-state index in [1.165, 1.54) is 0 Å². The second-order valence-corrected chi connectivity index (χ2v) is 7.85. The Kier molecular flexibility index (Phi) is 6.25. The molecule has 0 amide bonds. The number of hydrogen-bond acceptors (Lipinski definition) is 5. The summed E-state index contributed by atoms with van der Waals surface area (Å²) in [6.07, 6.45) is 0.672. The molecule has 4 rings (SSSR count). The zero-order valence-electron chi connectivity index (χ0n) is 17.4. The molecule has 0 spiro atoms. The molecule has 1 aliphatic heterocycles. The number of hydrazone groups is 1. The number of ether oxygens (including phenoxy) is 3. The maximum absolute atomic E-state index is 6.26. The molecule has 1 heterocycles. The van der Waals surface area contributed by atoms with Crippen molar-refractivity contribution in [1.82, 2.24) is 0 Å². The Bertz CT molecular complexity index is 1090. The minimum absolute atomic E-state index is 0.0689. The molecule has 0 N–H and O–H groups in total. The number of nitrogens with zero attached hydrogens (tertiary/aromatic N) is 2. The Balaban J connectivity index is 1.80. The molecule has 5 nitrogen and oxygen atoms in total. The second kappa shape index (κ2) is 9.08. The topological polar surface area (TPSA) is 43.3 Å².